The molecule has 0 saturated carbocycles. The van der Waals surface area contributed by atoms with Crippen LogP contribution in [0.3, 0.4) is 0 Å². The average Bonchev–Trinajstić information content (AvgIpc) is 2.86. The van der Waals surface area contributed by atoms with E-state index in [-0.39, 0.29) is 17.7 Å². The standard InChI is InChI=1S/C32H55N3O4/c1-9-12-14-15-16-22-35(30(37)27(23-24(4)5)34-31(38)39-32(6,7)8)28(29(36)33-21-13-10-2)26-19-17-25(11-3)18-20-26/h17-20,24,27-28H,9-16,21-23H2,1-8H3,(H,33,36)(H,34,38). The average molecular weight is 546 g/mol. The summed E-state index contributed by atoms with van der Waals surface area (Å²) < 4.78 is 5.49. The fraction of sp³-hybridized carbons (Fsp3) is 0.719. The number of benzene rings is 1. The first kappa shape index (κ1) is 34.5. The van der Waals surface area contributed by atoms with Gasteiger partial charge in [0, 0.05) is 13.1 Å². The Bertz CT molecular complexity index is 861. The molecule has 7 nitrogen and oxygen atoms in total. The number of alkyl carbamates (subject to hydrolysis) is 1. The van der Waals surface area contributed by atoms with Crippen LogP contribution in [0.4, 0.5) is 4.79 Å². The van der Waals surface area contributed by atoms with Crippen molar-refractivity contribution in [1.82, 2.24) is 15.5 Å². The number of nitrogens with one attached hydrogen (secondary N) is 2. The highest BCUT2D eigenvalue weighted by molar-refractivity contribution is 5.92. The van der Waals surface area contributed by atoms with E-state index in [0.29, 0.717) is 19.5 Å². The van der Waals surface area contributed by atoms with Gasteiger partial charge in [0.25, 0.3) is 0 Å². The van der Waals surface area contributed by atoms with Crippen LogP contribution in [0.2, 0.25) is 0 Å². The van der Waals surface area contributed by atoms with Crippen molar-refractivity contribution in [3.8, 4) is 0 Å². The molecular formula is C32H55N3O4. The molecule has 0 aliphatic rings. The Morgan fingerprint density at radius 2 is 1.51 bits per heavy atom. The van der Waals surface area contributed by atoms with Gasteiger partial charge in [-0.1, -0.05) is 91.0 Å². The molecule has 1 rings (SSSR count). The van der Waals surface area contributed by atoms with Crippen LogP contribution in [-0.2, 0) is 20.7 Å². The quantitative estimate of drug-likeness (QED) is 0.207. The highest BCUT2D eigenvalue weighted by atomic mass is 16.6. The molecule has 7 heteroatoms. The van der Waals surface area contributed by atoms with Gasteiger partial charge in [0.15, 0.2) is 0 Å². The molecule has 2 unspecified atom stereocenters. The summed E-state index contributed by atoms with van der Waals surface area (Å²) in [5.74, 6) is -0.281. The zero-order chi connectivity index (χ0) is 29.4. The lowest BCUT2D eigenvalue weighted by Gasteiger charge is -2.35. The van der Waals surface area contributed by atoms with Crippen molar-refractivity contribution in [1.29, 1.82) is 0 Å². The molecule has 0 bridgehead atoms. The number of hydrogen-bond acceptors (Lipinski definition) is 4. The van der Waals surface area contributed by atoms with Gasteiger partial charge in [-0.15, -0.1) is 0 Å². The second-order valence-electron chi connectivity index (χ2n) is 11.9. The summed E-state index contributed by atoms with van der Waals surface area (Å²) in [7, 11) is 0. The number of aryl methyl sites for hydroxylation is 1. The molecule has 2 atom stereocenters. The molecule has 0 heterocycles. The monoisotopic (exact) mass is 545 g/mol. The summed E-state index contributed by atoms with van der Waals surface area (Å²) >= 11 is 0. The van der Waals surface area contributed by atoms with Crippen LogP contribution >= 0.6 is 0 Å². The second-order valence-corrected chi connectivity index (χ2v) is 11.9. The number of amides is 3. The van der Waals surface area contributed by atoms with Crippen LogP contribution in [-0.4, -0.2) is 47.5 Å². The topological polar surface area (TPSA) is 87.7 Å². The predicted octanol–water partition coefficient (Wildman–Crippen LogP) is 6.94. The third-order valence-electron chi connectivity index (χ3n) is 6.58. The summed E-state index contributed by atoms with van der Waals surface area (Å²) in [4.78, 5) is 42.4. The van der Waals surface area contributed by atoms with Crippen LogP contribution in [0, 0.1) is 5.92 Å². The van der Waals surface area contributed by atoms with E-state index in [0.717, 1.165) is 56.9 Å². The number of nitrogens with zero attached hydrogens (tertiary/aromatic N) is 1. The van der Waals surface area contributed by atoms with Crippen molar-refractivity contribution in [2.45, 2.75) is 131 Å². The molecule has 0 fully saturated rings. The lowest BCUT2D eigenvalue weighted by Crippen LogP contribution is -2.53. The van der Waals surface area contributed by atoms with Gasteiger partial charge in [-0.3, -0.25) is 9.59 Å². The first-order valence-corrected chi connectivity index (χ1v) is 15.1. The van der Waals surface area contributed by atoms with E-state index in [9.17, 15) is 14.4 Å². The summed E-state index contributed by atoms with van der Waals surface area (Å²) in [6.45, 7) is 16.8. The molecular weight excluding hydrogens is 490 g/mol. The summed E-state index contributed by atoms with van der Waals surface area (Å²) in [6.07, 6.45) is 7.68. The number of carbonyl (C=O) groups excluding carboxylic acids is 3. The molecule has 0 saturated heterocycles. The normalized spacial score (nSPS) is 13.1. The molecule has 1 aromatic carbocycles. The number of rotatable bonds is 17. The lowest BCUT2D eigenvalue weighted by atomic mass is 9.97. The van der Waals surface area contributed by atoms with Crippen LogP contribution < -0.4 is 10.6 Å². The molecule has 222 valence electrons. The van der Waals surface area contributed by atoms with Crippen LogP contribution in [0.1, 0.15) is 124 Å². The van der Waals surface area contributed by atoms with E-state index >= 15 is 0 Å². The van der Waals surface area contributed by atoms with Crippen LogP contribution in [0.5, 0.6) is 0 Å². The third-order valence-corrected chi connectivity index (χ3v) is 6.58. The molecule has 0 aromatic heterocycles. The Balaban J connectivity index is 3.44. The molecule has 0 aliphatic heterocycles. The molecule has 3 amide bonds. The van der Waals surface area contributed by atoms with Gasteiger partial charge in [-0.2, -0.15) is 0 Å². The Morgan fingerprint density at radius 1 is 0.897 bits per heavy atom. The van der Waals surface area contributed by atoms with Gasteiger partial charge in [0.2, 0.25) is 11.8 Å². The van der Waals surface area contributed by atoms with E-state index in [4.69, 9.17) is 4.74 Å². The number of unbranched alkanes of at least 4 members (excludes halogenated alkanes) is 5. The number of carbonyl (C=O) groups is 3. The largest absolute Gasteiger partial charge is 0.444 e. The Hall–Kier alpha value is -2.57. The second kappa shape index (κ2) is 17.9. The van der Waals surface area contributed by atoms with E-state index in [1.54, 1.807) is 25.7 Å². The molecule has 39 heavy (non-hydrogen) atoms. The van der Waals surface area contributed by atoms with Crippen molar-refractivity contribution >= 4 is 17.9 Å². The van der Waals surface area contributed by atoms with Gasteiger partial charge < -0.3 is 20.3 Å². The van der Waals surface area contributed by atoms with Crippen molar-refractivity contribution in [2.75, 3.05) is 13.1 Å². The molecule has 0 aliphatic carbocycles. The minimum Gasteiger partial charge on any atom is -0.444 e. The van der Waals surface area contributed by atoms with Gasteiger partial charge in [0.05, 0.1) is 0 Å². The van der Waals surface area contributed by atoms with Crippen molar-refractivity contribution in [2.24, 2.45) is 5.92 Å². The fourth-order valence-corrected chi connectivity index (χ4v) is 4.49. The molecule has 0 spiro atoms. The van der Waals surface area contributed by atoms with Gasteiger partial charge in [-0.25, -0.2) is 4.79 Å². The van der Waals surface area contributed by atoms with E-state index in [1.807, 2.05) is 38.1 Å². The minimum atomic E-state index is -0.795. The van der Waals surface area contributed by atoms with Crippen LogP contribution in [0.25, 0.3) is 0 Å². The highest BCUT2D eigenvalue weighted by Gasteiger charge is 2.36. The minimum absolute atomic E-state index is 0.154. The van der Waals surface area contributed by atoms with Gasteiger partial charge >= 0.3 is 6.09 Å². The van der Waals surface area contributed by atoms with E-state index < -0.39 is 23.8 Å². The zero-order valence-corrected chi connectivity index (χ0v) is 25.9. The molecule has 2 N–H and O–H groups in total. The first-order chi connectivity index (χ1) is 18.4. The lowest BCUT2D eigenvalue weighted by molar-refractivity contribution is -0.143. The Kier molecular flexibility index (Phi) is 15.8. The smallest absolute Gasteiger partial charge is 0.408 e. The zero-order valence-electron chi connectivity index (χ0n) is 25.9. The third kappa shape index (κ3) is 13.4. The van der Waals surface area contributed by atoms with Crippen molar-refractivity contribution < 1.29 is 19.1 Å². The SMILES string of the molecule is CCCCCCCN(C(=O)C(CC(C)C)NC(=O)OC(C)(C)C)C(C(=O)NCCCC)c1ccc(CC)cc1. The maximum absolute atomic E-state index is 14.2. The van der Waals surface area contributed by atoms with E-state index in [2.05, 4.69) is 31.4 Å². The molecule has 0 radical (unpaired) electrons. The van der Waals surface area contributed by atoms with Gasteiger partial charge in [0.1, 0.15) is 17.7 Å². The Labute approximate surface area is 237 Å². The molecule has 1 aromatic rings. The fourth-order valence-electron chi connectivity index (χ4n) is 4.49. The maximum Gasteiger partial charge on any atom is 0.408 e. The number of hydrogen-bond donors (Lipinski definition) is 2. The summed E-state index contributed by atoms with van der Waals surface area (Å²) in [5, 5.41) is 5.89. The van der Waals surface area contributed by atoms with Crippen molar-refractivity contribution in [3.63, 3.8) is 0 Å². The predicted molar refractivity (Wildman–Crippen MR) is 160 cm³/mol. The van der Waals surface area contributed by atoms with Gasteiger partial charge in [-0.05, 0) is 63.5 Å². The Morgan fingerprint density at radius 3 is 2.05 bits per heavy atom. The van der Waals surface area contributed by atoms with E-state index in [1.165, 1.54) is 5.56 Å². The number of ether oxygens (including phenoxy) is 1. The summed E-state index contributed by atoms with van der Waals surface area (Å²) in [6, 6.07) is 6.39. The first-order valence-electron chi connectivity index (χ1n) is 15.1. The maximum atomic E-state index is 14.2. The van der Waals surface area contributed by atoms with Crippen LogP contribution in [0.15, 0.2) is 24.3 Å². The van der Waals surface area contributed by atoms with Crippen molar-refractivity contribution in [3.05, 3.63) is 35.4 Å². The highest BCUT2D eigenvalue weighted by Crippen LogP contribution is 2.25. The summed E-state index contributed by atoms with van der Waals surface area (Å²) in [5.41, 5.74) is 1.27.